The molecule has 0 aromatic heterocycles. The first kappa shape index (κ1) is 10.9. The molecule has 5 heteroatoms. The quantitative estimate of drug-likeness (QED) is 0.367. The average molecular weight is 176 g/mol. The first-order valence-electron chi connectivity index (χ1n) is 3.62. The van der Waals surface area contributed by atoms with Crippen molar-refractivity contribution in [3.05, 3.63) is 0 Å². The van der Waals surface area contributed by atoms with Crippen molar-refractivity contribution in [1.29, 1.82) is 0 Å². The van der Waals surface area contributed by atoms with E-state index in [1.165, 1.54) is 7.11 Å². The number of carboxylic acids is 1. The molecule has 0 aliphatic rings. The minimum absolute atomic E-state index is 0.0836. The summed E-state index contributed by atoms with van der Waals surface area (Å²) in [6.45, 7) is 0. The third kappa shape index (κ3) is 7.01. The molecule has 0 atom stereocenters. The smallest absolute Gasteiger partial charge is 0.342 e. The molecule has 0 radical (unpaired) electrons. The van der Waals surface area contributed by atoms with Crippen LogP contribution in [0.3, 0.4) is 0 Å². The van der Waals surface area contributed by atoms with E-state index in [1.54, 1.807) is 0 Å². The highest BCUT2D eigenvalue weighted by atomic mass is 17.2. The molecule has 0 saturated heterocycles. The fourth-order valence-corrected chi connectivity index (χ4v) is 0.680. The van der Waals surface area contributed by atoms with Gasteiger partial charge in [-0.05, 0) is 12.8 Å². The molecule has 1 N–H and O–H groups in total. The summed E-state index contributed by atoms with van der Waals surface area (Å²) in [6, 6.07) is 0. The van der Waals surface area contributed by atoms with Crippen molar-refractivity contribution in [2.75, 3.05) is 7.11 Å². The Bertz CT molecular complexity index is 154. The van der Waals surface area contributed by atoms with Crippen LogP contribution in [0.4, 0.5) is 0 Å². The Morgan fingerprint density at radius 2 is 1.83 bits per heavy atom. The zero-order valence-electron chi connectivity index (χ0n) is 6.91. The molecule has 0 rings (SSSR count). The number of aliphatic carboxylic acids is 1. The minimum Gasteiger partial charge on any atom is -0.481 e. The van der Waals surface area contributed by atoms with E-state index in [1.807, 2.05) is 0 Å². The molecule has 0 heterocycles. The van der Waals surface area contributed by atoms with Crippen LogP contribution in [-0.4, -0.2) is 24.2 Å². The van der Waals surface area contributed by atoms with Crippen LogP contribution in [-0.2, 0) is 19.4 Å². The number of carboxylic acid groups (broad SMARTS) is 1. The van der Waals surface area contributed by atoms with Gasteiger partial charge in [0.1, 0.15) is 0 Å². The first-order chi connectivity index (χ1) is 5.66. The number of unbranched alkanes of at least 4 members (excludes halogenated alkanes) is 1. The number of hydrogen-bond donors (Lipinski definition) is 1. The van der Waals surface area contributed by atoms with Crippen LogP contribution >= 0.6 is 0 Å². The van der Waals surface area contributed by atoms with Gasteiger partial charge in [0.05, 0.1) is 7.11 Å². The summed E-state index contributed by atoms with van der Waals surface area (Å²) in [5.41, 5.74) is 0. The lowest BCUT2D eigenvalue weighted by Gasteiger charge is -1.97. The first-order valence-corrected chi connectivity index (χ1v) is 3.62. The van der Waals surface area contributed by atoms with Gasteiger partial charge in [0.15, 0.2) is 0 Å². The fraction of sp³-hybridized carbons (Fsp3) is 0.714. The number of carbonyl (C=O) groups excluding carboxylic acids is 1. The summed E-state index contributed by atoms with van der Waals surface area (Å²) in [5.74, 6) is -1.32. The molecule has 0 saturated carbocycles. The van der Waals surface area contributed by atoms with Crippen LogP contribution in [0.1, 0.15) is 25.7 Å². The highest BCUT2D eigenvalue weighted by Gasteiger charge is 2.03. The van der Waals surface area contributed by atoms with E-state index in [2.05, 4.69) is 9.78 Å². The second-order valence-electron chi connectivity index (χ2n) is 2.22. The maximum Gasteiger partial charge on any atom is 0.342 e. The van der Waals surface area contributed by atoms with E-state index in [0.29, 0.717) is 12.8 Å². The lowest BCUT2D eigenvalue weighted by molar-refractivity contribution is -0.255. The van der Waals surface area contributed by atoms with E-state index in [-0.39, 0.29) is 12.8 Å². The Morgan fingerprint density at radius 1 is 1.25 bits per heavy atom. The van der Waals surface area contributed by atoms with Gasteiger partial charge in [0, 0.05) is 12.8 Å². The molecule has 70 valence electrons. The molecule has 0 aromatic carbocycles. The van der Waals surface area contributed by atoms with Gasteiger partial charge in [-0.1, -0.05) is 0 Å². The summed E-state index contributed by atoms with van der Waals surface area (Å²) in [4.78, 5) is 28.9. The SMILES string of the molecule is COOC(=O)CCCCC(=O)O. The highest BCUT2D eigenvalue weighted by Crippen LogP contribution is 2.00. The third-order valence-electron chi connectivity index (χ3n) is 1.20. The van der Waals surface area contributed by atoms with E-state index >= 15 is 0 Å². The average Bonchev–Trinajstić information content (AvgIpc) is 1.98. The highest BCUT2D eigenvalue weighted by molar-refractivity contribution is 5.69. The normalized spacial score (nSPS) is 9.42. The van der Waals surface area contributed by atoms with E-state index in [9.17, 15) is 9.59 Å². The standard InChI is InChI=1S/C7H12O5/c1-11-12-7(10)5-3-2-4-6(8)9/h2-5H2,1H3,(H,8,9). The molecular weight excluding hydrogens is 164 g/mol. The van der Waals surface area contributed by atoms with Gasteiger partial charge in [-0.3, -0.25) is 9.68 Å². The van der Waals surface area contributed by atoms with Crippen LogP contribution in [0.2, 0.25) is 0 Å². The molecule has 0 fully saturated rings. The largest absolute Gasteiger partial charge is 0.481 e. The van der Waals surface area contributed by atoms with Gasteiger partial charge in [0.2, 0.25) is 0 Å². The number of rotatable bonds is 6. The summed E-state index contributed by atoms with van der Waals surface area (Å²) in [7, 11) is 1.25. The van der Waals surface area contributed by atoms with Gasteiger partial charge in [-0.2, -0.15) is 4.89 Å². The molecular formula is C7H12O5. The summed E-state index contributed by atoms with van der Waals surface area (Å²) in [6.07, 6.45) is 1.27. The Kier molecular flexibility index (Phi) is 6.00. The van der Waals surface area contributed by atoms with Gasteiger partial charge in [-0.15, -0.1) is 0 Å². The molecule has 0 spiro atoms. The zero-order chi connectivity index (χ0) is 9.40. The van der Waals surface area contributed by atoms with Gasteiger partial charge >= 0.3 is 11.9 Å². The van der Waals surface area contributed by atoms with Crippen LogP contribution in [0.15, 0.2) is 0 Å². The summed E-state index contributed by atoms with van der Waals surface area (Å²) < 4.78 is 0. The molecule has 0 bridgehead atoms. The Hall–Kier alpha value is -1.10. The third-order valence-corrected chi connectivity index (χ3v) is 1.20. The topological polar surface area (TPSA) is 72.8 Å². The van der Waals surface area contributed by atoms with E-state index < -0.39 is 11.9 Å². The van der Waals surface area contributed by atoms with Crippen molar-refractivity contribution in [3.8, 4) is 0 Å². The Morgan fingerprint density at radius 3 is 2.33 bits per heavy atom. The van der Waals surface area contributed by atoms with Gasteiger partial charge < -0.3 is 5.11 Å². The Labute approximate surface area is 70.2 Å². The molecule has 0 aliphatic heterocycles. The molecule has 5 nitrogen and oxygen atoms in total. The molecule has 0 aromatic rings. The second-order valence-corrected chi connectivity index (χ2v) is 2.22. The van der Waals surface area contributed by atoms with Crippen LogP contribution < -0.4 is 0 Å². The predicted molar refractivity (Wildman–Crippen MR) is 39.2 cm³/mol. The van der Waals surface area contributed by atoms with E-state index in [0.717, 1.165) is 0 Å². The van der Waals surface area contributed by atoms with Crippen molar-refractivity contribution < 1.29 is 24.5 Å². The lowest BCUT2D eigenvalue weighted by atomic mass is 10.2. The fourth-order valence-electron chi connectivity index (χ4n) is 0.680. The molecule has 12 heavy (non-hydrogen) atoms. The van der Waals surface area contributed by atoms with Crippen molar-refractivity contribution >= 4 is 11.9 Å². The zero-order valence-corrected chi connectivity index (χ0v) is 6.91. The molecule has 0 unspecified atom stereocenters. The Balaban J connectivity index is 3.19. The van der Waals surface area contributed by atoms with E-state index in [4.69, 9.17) is 5.11 Å². The van der Waals surface area contributed by atoms with Crippen LogP contribution in [0, 0.1) is 0 Å². The van der Waals surface area contributed by atoms with Crippen molar-refractivity contribution in [1.82, 2.24) is 0 Å². The van der Waals surface area contributed by atoms with Gasteiger partial charge in [-0.25, -0.2) is 4.79 Å². The monoisotopic (exact) mass is 176 g/mol. The van der Waals surface area contributed by atoms with Gasteiger partial charge in [0.25, 0.3) is 0 Å². The van der Waals surface area contributed by atoms with Crippen molar-refractivity contribution in [2.45, 2.75) is 25.7 Å². The van der Waals surface area contributed by atoms with Crippen molar-refractivity contribution in [2.24, 2.45) is 0 Å². The summed E-state index contributed by atoms with van der Waals surface area (Å²) >= 11 is 0. The molecule has 0 aliphatic carbocycles. The second kappa shape index (κ2) is 6.60. The maximum absolute atomic E-state index is 10.6. The summed E-state index contributed by atoms with van der Waals surface area (Å²) in [5, 5.41) is 8.24. The van der Waals surface area contributed by atoms with Crippen LogP contribution in [0.5, 0.6) is 0 Å². The lowest BCUT2D eigenvalue weighted by Crippen LogP contribution is -2.03. The minimum atomic E-state index is -0.852. The van der Waals surface area contributed by atoms with Crippen LogP contribution in [0.25, 0.3) is 0 Å². The van der Waals surface area contributed by atoms with Crippen molar-refractivity contribution in [3.63, 3.8) is 0 Å². The number of carbonyl (C=O) groups is 2. The predicted octanol–water partition coefficient (Wildman–Crippen LogP) is 0.736. The maximum atomic E-state index is 10.6. The molecule has 0 amide bonds. The number of hydrogen-bond acceptors (Lipinski definition) is 4.